The maximum atomic E-state index is 10.4. The Labute approximate surface area is 120 Å². The zero-order chi connectivity index (χ0) is 15.8. The van der Waals surface area contributed by atoms with Crippen LogP contribution >= 0.6 is 0 Å². The normalized spacial score (nSPS) is 9.10. The first-order valence-corrected chi connectivity index (χ1v) is 6.35. The number of hydrogen-bond acceptors (Lipinski definition) is 5. The second kappa shape index (κ2) is 15.4. The summed E-state index contributed by atoms with van der Waals surface area (Å²) >= 11 is 0. The Balaban J connectivity index is 0. The van der Waals surface area contributed by atoms with Crippen LogP contribution in [-0.4, -0.2) is 50.1 Å². The molecule has 0 aliphatic rings. The van der Waals surface area contributed by atoms with E-state index in [-0.39, 0.29) is 5.57 Å². The van der Waals surface area contributed by atoms with Crippen LogP contribution < -0.4 is 0 Å². The molecule has 6 heteroatoms. The van der Waals surface area contributed by atoms with Crippen LogP contribution in [0.1, 0.15) is 20.3 Å². The average molecular weight is 288 g/mol. The highest BCUT2D eigenvalue weighted by Gasteiger charge is 2.01. The van der Waals surface area contributed by atoms with E-state index >= 15 is 0 Å². The van der Waals surface area contributed by atoms with Crippen molar-refractivity contribution in [3.63, 3.8) is 0 Å². The summed E-state index contributed by atoms with van der Waals surface area (Å²) in [6.45, 7) is 12.8. The van der Waals surface area contributed by atoms with Gasteiger partial charge in [0, 0.05) is 31.3 Å². The summed E-state index contributed by atoms with van der Waals surface area (Å²) in [6, 6.07) is 0. The summed E-state index contributed by atoms with van der Waals surface area (Å²) in [4.78, 5) is 20.5. The molecule has 0 bridgehead atoms. The molecule has 0 aromatic heterocycles. The molecule has 0 aliphatic heterocycles. The van der Waals surface area contributed by atoms with Gasteiger partial charge in [0.1, 0.15) is 6.61 Å². The third kappa shape index (κ3) is 16.3. The predicted octanol–water partition coefficient (Wildman–Crippen LogP) is 1.81. The van der Waals surface area contributed by atoms with Gasteiger partial charge in [-0.3, -0.25) is 0 Å². The molecule has 0 atom stereocenters. The third-order valence-corrected chi connectivity index (χ3v) is 1.90. The highest BCUT2D eigenvalue weighted by atomic mass is 16.6. The summed E-state index contributed by atoms with van der Waals surface area (Å²) in [7, 11) is 0. The lowest BCUT2D eigenvalue weighted by Gasteiger charge is -2.00. The standard InChI is InChI=1S/2C7H12O3/c1-3-10-5-4-6(2)7(8)9;1-3-7(8)10-6-5-9-4-2/h2-5H2,1H3,(H,8,9);3H,1,4-6H2,2H3. The number of hydrogen-bond donors (Lipinski definition) is 1. The molecule has 116 valence electrons. The van der Waals surface area contributed by atoms with Crippen LogP contribution in [0.15, 0.2) is 24.8 Å². The van der Waals surface area contributed by atoms with Crippen LogP contribution in [0.2, 0.25) is 0 Å². The number of carbonyl (C=O) groups excluding carboxylic acids is 1. The van der Waals surface area contributed by atoms with Crippen molar-refractivity contribution in [1.29, 1.82) is 0 Å². The van der Waals surface area contributed by atoms with Crippen molar-refractivity contribution in [3.8, 4) is 0 Å². The summed E-state index contributed by atoms with van der Waals surface area (Å²) in [5, 5.41) is 8.33. The molecular formula is C14H24O6. The first kappa shape index (κ1) is 20.7. The van der Waals surface area contributed by atoms with Gasteiger partial charge < -0.3 is 19.3 Å². The van der Waals surface area contributed by atoms with Gasteiger partial charge in [0.25, 0.3) is 0 Å². The van der Waals surface area contributed by atoms with Crippen LogP contribution in [0.4, 0.5) is 0 Å². The van der Waals surface area contributed by atoms with Gasteiger partial charge in [-0.05, 0) is 13.8 Å². The van der Waals surface area contributed by atoms with Crippen molar-refractivity contribution in [3.05, 3.63) is 24.8 Å². The van der Waals surface area contributed by atoms with Gasteiger partial charge in [-0.25, -0.2) is 9.59 Å². The van der Waals surface area contributed by atoms with Gasteiger partial charge in [0.05, 0.1) is 13.2 Å². The van der Waals surface area contributed by atoms with Crippen molar-refractivity contribution >= 4 is 11.9 Å². The topological polar surface area (TPSA) is 82.1 Å². The zero-order valence-corrected chi connectivity index (χ0v) is 12.2. The van der Waals surface area contributed by atoms with E-state index in [1.54, 1.807) is 0 Å². The van der Waals surface area contributed by atoms with Gasteiger partial charge in [-0.2, -0.15) is 0 Å². The largest absolute Gasteiger partial charge is 0.478 e. The summed E-state index contributed by atoms with van der Waals surface area (Å²) in [6.07, 6.45) is 1.54. The lowest BCUT2D eigenvalue weighted by Crippen LogP contribution is -2.07. The average Bonchev–Trinajstić information content (AvgIpc) is 2.44. The minimum atomic E-state index is -0.945. The molecule has 0 saturated heterocycles. The van der Waals surface area contributed by atoms with Crippen LogP contribution in [-0.2, 0) is 23.8 Å². The van der Waals surface area contributed by atoms with Gasteiger partial charge in [-0.15, -0.1) is 0 Å². The second-order valence-electron chi connectivity index (χ2n) is 3.42. The van der Waals surface area contributed by atoms with Gasteiger partial charge in [0.15, 0.2) is 0 Å². The van der Waals surface area contributed by atoms with E-state index in [1.165, 1.54) is 0 Å². The number of aliphatic carboxylic acids is 1. The minimum absolute atomic E-state index is 0.202. The van der Waals surface area contributed by atoms with E-state index in [1.807, 2.05) is 13.8 Å². The van der Waals surface area contributed by atoms with Crippen LogP contribution in [0.25, 0.3) is 0 Å². The summed E-state index contributed by atoms with van der Waals surface area (Å²) in [5.41, 5.74) is 0.202. The molecule has 0 radical (unpaired) electrons. The minimum Gasteiger partial charge on any atom is -0.478 e. The van der Waals surface area contributed by atoms with Crippen molar-refractivity contribution in [2.45, 2.75) is 20.3 Å². The SMILES string of the molecule is C=C(CCOCC)C(=O)O.C=CC(=O)OCCOCC. The Morgan fingerprint density at radius 1 is 1.10 bits per heavy atom. The molecule has 0 aromatic rings. The third-order valence-electron chi connectivity index (χ3n) is 1.90. The van der Waals surface area contributed by atoms with Gasteiger partial charge in [-0.1, -0.05) is 13.2 Å². The van der Waals surface area contributed by atoms with Crippen LogP contribution in [0.3, 0.4) is 0 Å². The van der Waals surface area contributed by atoms with Crippen molar-refractivity contribution in [2.24, 2.45) is 0 Å². The number of ether oxygens (including phenoxy) is 3. The van der Waals surface area contributed by atoms with Gasteiger partial charge >= 0.3 is 11.9 Å². The first-order valence-electron chi connectivity index (χ1n) is 6.35. The van der Waals surface area contributed by atoms with Crippen molar-refractivity contribution in [2.75, 3.05) is 33.0 Å². The highest BCUT2D eigenvalue weighted by molar-refractivity contribution is 5.85. The maximum Gasteiger partial charge on any atom is 0.331 e. The fourth-order valence-corrected chi connectivity index (χ4v) is 0.851. The number of carboxylic acids is 1. The Hall–Kier alpha value is -1.66. The van der Waals surface area contributed by atoms with Crippen molar-refractivity contribution in [1.82, 2.24) is 0 Å². The molecule has 0 aromatic carbocycles. The van der Waals surface area contributed by atoms with Crippen LogP contribution in [0.5, 0.6) is 0 Å². The molecule has 6 nitrogen and oxygen atoms in total. The Kier molecular flexibility index (Phi) is 15.9. The number of carboxylic acid groups (broad SMARTS) is 1. The lowest BCUT2D eigenvalue weighted by atomic mass is 10.2. The second-order valence-corrected chi connectivity index (χ2v) is 3.42. The maximum absolute atomic E-state index is 10.4. The molecule has 0 heterocycles. The Morgan fingerprint density at radius 3 is 2.10 bits per heavy atom. The predicted molar refractivity (Wildman–Crippen MR) is 75.5 cm³/mol. The summed E-state index contributed by atoms with van der Waals surface area (Å²) < 4.78 is 14.5. The summed E-state index contributed by atoms with van der Waals surface area (Å²) in [5.74, 6) is -1.35. The number of carbonyl (C=O) groups is 2. The quantitative estimate of drug-likeness (QED) is 0.375. The Morgan fingerprint density at radius 2 is 1.65 bits per heavy atom. The molecule has 1 N–H and O–H groups in total. The smallest absolute Gasteiger partial charge is 0.331 e. The van der Waals surface area contributed by atoms with E-state index in [2.05, 4.69) is 17.9 Å². The molecule has 0 amide bonds. The molecule has 0 aliphatic carbocycles. The molecule has 0 spiro atoms. The first-order chi connectivity index (χ1) is 9.49. The lowest BCUT2D eigenvalue weighted by molar-refractivity contribution is -0.139. The fraction of sp³-hybridized carbons (Fsp3) is 0.571. The van der Waals surface area contributed by atoms with E-state index < -0.39 is 11.9 Å². The fourth-order valence-electron chi connectivity index (χ4n) is 0.851. The van der Waals surface area contributed by atoms with Gasteiger partial charge in [0.2, 0.25) is 0 Å². The van der Waals surface area contributed by atoms with E-state index in [9.17, 15) is 9.59 Å². The zero-order valence-electron chi connectivity index (χ0n) is 12.2. The molecule has 0 saturated carbocycles. The van der Waals surface area contributed by atoms with Crippen LogP contribution in [0, 0.1) is 0 Å². The molecule has 20 heavy (non-hydrogen) atoms. The molecular weight excluding hydrogens is 264 g/mol. The van der Waals surface area contributed by atoms with E-state index in [0.717, 1.165) is 6.08 Å². The monoisotopic (exact) mass is 288 g/mol. The molecule has 0 unspecified atom stereocenters. The number of rotatable bonds is 10. The Bertz CT molecular complexity index is 296. The van der Waals surface area contributed by atoms with E-state index in [0.29, 0.717) is 39.5 Å². The van der Waals surface area contributed by atoms with Crippen molar-refractivity contribution < 1.29 is 28.9 Å². The number of esters is 1. The highest BCUT2D eigenvalue weighted by Crippen LogP contribution is 1.97. The molecule has 0 rings (SSSR count). The molecule has 0 fully saturated rings. The van der Waals surface area contributed by atoms with E-state index in [4.69, 9.17) is 14.6 Å².